The van der Waals surface area contributed by atoms with Crippen LogP contribution in [0.3, 0.4) is 0 Å². The first-order valence-corrected chi connectivity index (χ1v) is 4.73. The molecule has 4 nitrogen and oxygen atoms in total. The molecule has 2 heterocycles. The minimum Gasteiger partial charge on any atom is -0.340 e. The average Bonchev–Trinajstić information content (AvgIpc) is 2.42. The highest BCUT2D eigenvalue weighted by atomic mass is 35.5. The van der Waals surface area contributed by atoms with Crippen LogP contribution in [0.2, 0.25) is 5.15 Å². The Bertz CT molecular complexity index is 498. The predicted molar refractivity (Wildman–Crippen MR) is 51.6 cm³/mol. The van der Waals surface area contributed by atoms with Gasteiger partial charge in [-0.05, 0) is 6.92 Å². The number of anilines is 1. The molecule has 0 radical (unpaired) electrons. The summed E-state index contributed by atoms with van der Waals surface area (Å²) in [5.41, 5.74) is -2.79. The van der Waals surface area contributed by atoms with Crippen molar-refractivity contribution in [2.45, 2.75) is 25.2 Å². The molecule has 1 N–H and O–H groups in total. The molecule has 0 fully saturated rings. The second kappa shape index (κ2) is 3.13. The van der Waals surface area contributed by atoms with Crippen molar-refractivity contribution >= 4 is 17.5 Å². The van der Waals surface area contributed by atoms with Gasteiger partial charge in [-0.1, -0.05) is 11.6 Å². The van der Waals surface area contributed by atoms with Gasteiger partial charge >= 0.3 is 6.18 Å². The van der Waals surface area contributed by atoms with Crippen molar-refractivity contribution in [1.29, 1.82) is 0 Å². The van der Waals surface area contributed by atoms with Gasteiger partial charge in [-0.3, -0.25) is 9.36 Å². The zero-order valence-corrected chi connectivity index (χ0v) is 8.85. The third kappa shape index (κ3) is 1.55. The lowest BCUT2D eigenvalue weighted by Gasteiger charge is -2.26. The number of fused-ring (bicyclic) bond motifs is 1. The molecule has 0 saturated heterocycles. The van der Waals surface area contributed by atoms with Crippen LogP contribution in [0.4, 0.5) is 19.1 Å². The van der Waals surface area contributed by atoms with E-state index in [-0.39, 0.29) is 11.1 Å². The Hall–Kier alpha value is -1.24. The van der Waals surface area contributed by atoms with Crippen LogP contribution in [0, 0.1) is 0 Å². The lowest BCUT2D eigenvalue weighted by atomic mass is 10.0. The van der Waals surface area contributed by atoms with Crippen molar-refractivity contribution in [3.05, 3.63) is 21.6 Å². The monoisotopic (exact) mass is 253 g/mol. The molecule has 0 aliphatic carbocycles. The van der Waals surface area contributed by atoms with Crippen molar-refractivity contribution < 1.29 is 13.2 Å². The van der Waals surface area contributed by atoms with Gasteiger partial charge in [-0.2, -0.15) is 13.2 Å². The summed E-state index contributed by atoms with van der Waals surface area (Å²) in [5, 5.41) is 2.05. The van der Waals surface area contributed by atoms with E-state index in [1.54, 1.807) is 0 Å². The molecule has 1 aliphatic rings. The average molecular weight is 254 g/mol. The van der Waals surface area contributed by atoms with Gasteiger partial charge in [0.15, 0.2) is 5.54 Å². The Morgan fingerprint density at radius 2 is 2.25 bits per heavy atom. The number of halogens is 4. The number of rotatable bonds is 0. The van der Waals surface area contributed by atoms with Crippen molar-refractivity contribution in [2.75, 3.05) is 5.32 Å². The van der Waals surface area contributed by atoms with E-state index >= 15 is 0 Å². The molecule has 0 unspecified atom stereocenters. The van der Waals surface area contributed by atoms with E-state index in [9.17, 15) is 18.0 Å². The highest BCUT2D eigenvalue weighted by Gasteiger charge is 2.55. The Labute approximate surface area is 93.0 Å². The first kappa shape index (κ1) is 11.3. The van der Waals surface area contributed by atoms with Crippen LogP contribution in [0.5, 0.6) is 0 Å². The molecule has 0 amide bonds. The standard InChI is InChI=1S/C8H7ClF3N3O/c1-7(8(10,11)12)3-15-5(16)2-4(9)13-6(15)14-7/h2H,3H2,1H3,(H,13,14)/t7-/m1/s1. The van der Waals surface area contributed by atoms with E-state index in [0.29, 0.717) is 0 Å². The molecule has 1 aromatic heterocycles. The summed E-state index contributed by atoms with van der Waals surface area (Å²) >= 11 is 5.49. The Morgan fingerprint density at radius 1 is 1.62 bits per heavy atom. The third-order valence-electron chi connectivity index (χ3n) is 2.46. The molecular formula is C8H7ClF3N3O. The number of alkyl halides is 3. The van der Waals surface area contributed by atoms with Gasteiger partial charge in [-0.15, -0.1) is 0 Å². The number of nitrogens with zero attached hydrogens (tertiary/aromatic N) is 2. The molecule has 1 aliphatic heterocycles. The van der Waals surface area contributed by atoms with Crippen molar-refractivity contribution in [3.8, 4) is 0 Å². The molecule has 0 saturated carbocycles. The van der Waals surface area contributed by atoms with Crippen LogP contribution >= 0.6 is 11.6 Å². The minimum atomic E-state index is -4.47. The van der Waals surface area contributed by atoms with E-state index in [4.69, 9.17) is 11.6 Å². The first-order chi connectivity index (χ1) is 7.23. The summed E-state index contributed by atoms with van der Waals surface area (Å²) in [7, 11) is 0. The maximum absolute atomic E-state index is 12.7. The normalized spacial score (nSPS) is 24.1. The molecule has 16 heavy (non-hydrogen) atoms. The van der Waals surface area contributed by atoms with Gasteiger partial charge < -0.3 is 5.32 Å². The van der Waals surface area contributed by atoms with Gasteiger partial charge in [-0.25, -0.2) is 4.98 Å². The largest absolute Gasteiger partial charge is 0.412 e. The van der Waals surface area contributed by atoms with Crippen molar-refractivity contribution in [1.82, 2.24) is 9.55 Å². The van der Waals surface area contributed by atoms with Gasteiger partial charge in [0.05, 0.1) is 6.54 Å². The van der Waals surface area contributed by atoms with Crippen LogP contribution in [0.25, 0.3) is 0 Å². The van der Waals surface area contributed by atoms with E-state index in [1.807, 2.05) is 0 Å². The molecular weight excluding hydrogens is 247 g/mol. The van der Waals surface area contributed by atoms with Crippen LogP contribution in [-0.4, -0.2) is 21.3 Å². The summed E-state index contributed by atoms with van der Waals surface area (Å²) in [6.45, 7) is 0.462. The lowest BCUT2D eigenvalue weighted by molar-refractivity contribution is -0.174. The topological polar surface area (TPSA) is 46.9 Å². The molecule has 1 atom stereocenters. The molecule has 1 aromatic rings. The number of hydrogen-bond acceptors (Lipinski definition) is 3. The second-order valence-corrected chi connectivity index (χ2v) is 4.17. The SMILES string of the molecule is C[C@]1(C(F)(F)F)Cn2c(nc(Cl)cc2=O)N1. The van der Waals surface area contributed by atoms with Crippen LogP contribution in [0.1, 0.15) is 6.92 Å². The second-order valence-electron chi connectivity index (χ2n) is 3.78. The van der Waals surface area contributed by atoms with Gasteiger partial charge in [0.2, 0.25) is 5.95 Å². The summed E-state index contributed by atoms with van der Waals surface area (Å²) in [6, 6.07) is 0.981. The Kier molecular flexibility index (Phi) is 2.20. The highest BCUT2D eigenvalue weighted by molar-refractivity contribution is 6.29. The predicted octanol–water partition coefficient (Wildman–Crippen LogP) is 1.64. The zero-order valence-electron chi connectivity index (χ0n) is 8.10. The Morgan fingerprint density at radius 3 is 2.81 bits per heavy atom. The summed E-state index contributed by atoms with van der Waals surface area (Å²) in [4.78, 5) is 15.0. The molecule has 0 spiro atoms. The van der Waals surface area contributed by atoms with E-state index < -0.39 is 23.8 Å². The zero-order chi connectivity index (χ0) is 12.1. The summed E-state index contributed by atoms with van der Waals surface area (Å²) < 4.78 is 39.0. The molecule has 0 aromatic carbocycles. The van der Waals surface area contributed by atoms with Crippen LogP contribution < -0.4 is 10.9 Å². The molecule has 0 bridgehead atoms. The van der Waals surface area contributed by atoms with E-state index in [0.717, 1.165) is 17.6 Å². The molecule has 88 valence electrons. The number of hydrogen-bond donors (Lipinski definition) is 1. The fourth-order valence-corrected chi connectivity index (χ4v) is 1.66. The van der Waals surface area contributed by atoms with Crippen molar-refractivity contribution in [2.24, 2.45) is 0 Å². The fraction of sp³-hybridized carbons (Fsp3) is 0.500. The summed E-state index contributed by atoms with van der Waals surface area (Å²) in [6.07, 6.45) is -4.47. The number of aromatic nitrogens is 2. The quantitative estimate of drug-likeness (QED) is 0.715. The van der Waals surface area contributed by atoms with Gasteiger partial charge in [0, 0.05) is 6.07 Å². The van der Waals surface area contributed by atoms with E-state index in [1.165, 1.54) is 0 Å². The summed E-state index contributed by atoms with van der Waals surface area (Å²) in [5.74, 6) is -0.155. The third-order valence-corrected chi connectivity index (χ3v) is 2.66. The minimum absolute atomic E-state index is 0.129. The van der Waals surface area contributed by atoms with Crippen LogP contribution in [-0.2, 0) is 6.54 Å². The first-order valence-electron chi connectivity index (χ1n) is 4.35. The smallest absolute Gasteiger partial charge is 0.340 e. The maximum Gasteiger partial charge on any atom is 0.412 e. The van der Waals surface area contributed by atoms with Gasteiger partial charge in [0.25, 0.3) is 5.56 Å². The maximum atomic E-state index is 12.7. The lowest BCUT2D eigenvalue weighted by Crippen LogP contribution is -2.48. The van der Waals surface area contributed by atoms with E-state index in [2.05, 4.69) is 10.3 Å². The number of nitrogens with one attached hydrogen (secondary N) is 1. The molecule has 8 heteroatoms. The van der Waals surface area contributed by atoms with Crippen molar-refractivity contribution in [3.63, 3.8) is 0 Å². The highest BCUT2D eigenvalue weighted by Crippen LogP contribution is 2.37. The fourth-order valence-electron chi connectivity index (χ4n) is 1.49. The van der Waals surface area contributed by atoms with Crippen LogP contribution in [0.15, 0.2) is 10.9 Å². The Balaban J connectivity index is 2.49. The molecule has 2 rings (SSSR count). The van der Waals surface area contributed by atoms with Gasteiger partial charge in [0.1, 0.15) is 5.15 Å².